The highest BCUT2D eigenvalue weighted by molar-refractivity contribution is 9.10. The van der Waals surface area contributed by atoms with Gasteiger partial charge in [0.05, 0.1) is 6.61 Å². The summed E-state index contributed by atoms with van der Waals surface area (Å²) in [6.07, 6.45) is 2.98. The fraction of sp³-hybridized carbons (Fsp3) is 0.118. The third-order valence-corrected chi connectivity index (χ3v) is 3.23. The average molecular weight is 375 g/mol. The van der Waals surface area contributed by atoms with Gasteiger partial charge in [0, 0.05) is 11.8 Å². The van der Waals surface area contributed by atoms with Crippen LogP contribution in [-0.4, -0.2) is 23.5 Å². The van der Waals surface area contributed by atoms with E-state index in [-0.39, 0.29) is 5.91 Å². The molecule has 23 heavy (non-hydrogen) atoms. The van der Waals surface area contributed by atoms with Crippen molar-refractivity contribution in [3.05, 3.63) is 64.4 Å². The van der Waals surface area contributed by atoms with Gasteiger partial charge in [-0.2, -0.15) is 0 Å². The van der Waals surface area contributed by atoms with E-state index in [1.807, 2.05) is 6.07 Å². The summed E-state index contributed by atoms with van der Waals surface area (Å²) >= 11 is 3.23. The standard InChI is InChI=1S/C17H15BrN2O3/c1-2-23-16(21)10-9-12-5-3-6-13(11-12)19-17(22)14-7-4-8-15(18)20-14/h3-11H,2H2,1H3,(H,19,22)/b10-9+. The number of nitrogens with zero attached hydrogens (tertiary/aromatic N) is 1. The number of ether oxygens (including phenoxy) is 1. The number of carbonyl (C=O) groups excluding carboxylic acids is 2. The number of pyridine rings is 1. The number of benzene rings is 1. The molecule has 0 bridgehead atoms. The van der Waals surface area contributed by atoms with Crippen LogP contribution in [-0.2, 0) is 9.53 Å². The Bertz CT molecular complexity index is 744. The van der Waals surface area contributed by atoms with Crippen LogP contribution >= 0.6 is 15.9 Å². The van der Waals surface area contributed by atoms with Gasteiger partial charge >= 0.3 is 5.97 Å². The molecule has 0 aliphatic carbocycles. The van der Waals surface area contributed by atoms with Crippen LogP contribution in [0.4, 0.5) is 5.69 Å². The summed E-state index contributed by atoms with van der Waals surface area (Å²) in [5.41, 5.74) is 1.70. The normalized spacial score (nSPS) is 10.5. The Morgan fingerprint density at radius 3 is 2.78 bits per heavy atom. The van der Waals surface area contributed by atoms with E-state index in [9.17, 15) is 9.59 Å². The quantitative estimate of drug-likeness (QED) is 0.492. The van der Waals surface area contributed by atoms with Crippen molar-refractivity contribution >= 4 is 39.6 Å². The van der Waals surface area contributed by atoms with E-state index in [0.29, 0.717) is 22.6 Å². The van der Waals surface area contributed by atoms with Gasteiger partial charge in [-0.1, -0.05) is 18.2 Å². The fourth-order valence-corrected chi connectivity index (χ4v) is 2.15. The number of aromatic nitrogens is 1. The monoisotopic (exact) mass is 374 g/mol. The van der Waals surface area contributed by atoms with Gasteiger partial charge in [0.25, 0.3) is 5.91 Å². The summed E-state index contributed by atoms with van der Waals surface area (Å²) < 4.78 is 5.41. The number of esters is 1. The lowest BCUT2D eigenvalue weighted by Gasteiger charge is -2.06. The number of halogens is 1. The molecule has 0 saturated heterocycles. The molecule has 0 atom stereocenters. The first-order valence-electron chi connectivity index (χ1n) is 6.97. The van der Waals surface area contributed by atoms with Gasteiger partial charge in [-0.25, -0.2) is 9.78 Å². The summed E-state index contributed by atoms with van der Waals surface area (Å²) in [7, 11) is 0. The van der Waals surface area contributed by atoms with Gasteiger partial charge in [0.15, 0.2) is 0 Å². The lowest BCUT2D eigenvalue weighted by molar-refractivity contribution is -0.137. The van der Waals surface area contributed by atoms with Crippen molar-refractivity contribution in [2.75, 3.05) is 11.9 Å². The Kier molecular flexibility index (Phi) is 6.05. The van der Waals surface area contributed by atoms with Crippen LogP contribution in [0.1, 0.15) is 23.0 Å². The van der Waals surface area contributed by atoms with Gasteiger partial charge in [-0.05, 0) is 58.8 Å². The predicted molar refractivity (Wildman–Crippen MR) is 92.0 cm³/mol. The maximum Gasteiger partial charge on any atom is 0.330 e. The fourth-order valence-electron chi connectivity index (χ4n) is 1.80. The molecule has 0 aliphatic rings. The van der Waals surface area contributed by atoms with E-state index in [2.05, 4.69) is 26.2 Å². The second-order valence-corrected chi connectivity index (χ2v) is 5.32. The molecule has 0 fully saturated rings. The van der Waals surface area contributed by atoms with Gasteiger partial charge in [-0.15, -0.1) is 0 Å². The molecule has 0 spiro atoms. The van der Waals surface area contributed by atoms with Crippen molar-refractivity contribution in [3.8, 4) is 0 Å². The topological polar surface area (TPSA) is 68.3 Å². The molecular formula is C17H15BrN2O3. The zero-order chi connectivity index (χ0) is 16.7. The Morgan fingerprint density at radius 2 is 2.04 bits per heavy atom. The smallest absolute Gasteiger partial charge is 0.330 e. The maximum atomic E-state index is 12.1. The van der Waals surface area contributed by atoms with Crippen molar-refractivity contribution in [1.82, 2.24) is 4.98 Å². The van der Waals surface area contributed by atoms with Crippen LogP contribution in [0, 0.1) is 0 Å². The SMILES string of the molecule is CCOC(=O)/C=C/c1cccc(NC(=O)c2cccc(Br)n2)c1. The zero-order valence-corrected chi connectivity index (χ0v) is 14.0. The molecule has 1 heterocycles. The maximum absolute atomic E-state index is 12.1. The molecule has 1 N–H and O–H groups in total. The van der Waals surface area contributed by atoms with Gasteiger partial charge < -0.3 is 10.1 Å². The minimum absolute atomic E-state index is 0.308. The van der Waals surface area contributed by atoms with E-state index in [1.54, 1.807) is 49.4 Å². The molecular weight excluding hydrogens is 360 g/mol. The highest BCUT2D eigenvalue weighted by atomic mass is 79.9. The number of anilines is 1. The first-order chi connectivity index (χ1) is 11.1. The van der Waals surface area contributed by atoms with Crippen molar-refractivity contribution in [3.63, 3.8) is 0 Å². The predicted octanol–water partition coefficient (Wildman–Crippen LogP) is 3.67. The van der Waals surface area contributed by atoms with E-state index >= 15 is 0 Å². The Labute approximate surface area is 142 Å². The molecule has 1 aromatic carbocycles. The van der Waals surface area contributed by atoms with E-state index in [4.69, 9.17) is 4.74 Å². The first kappa shape index (κ1) is 16.9. The largest absolute Gasteiger partial charge is 0.463 e. The Hall–Kier alpha value is -2.47. The lowest BCUT2D eigenvalue weighted by Crippen LogP contribution is -2.13. The molecule has 6 heteroatoms. The molecule has 0 aliphatic heterocycles. The van der Waals surface area contributed by atoms with Crippen molar-refractivity contribution < 1.29 is 14.3 Å². The molecule has 0 saturated carbocycles. The second-order valence-electron chi connectivity index (χ2n) is 4.51. The average Bonchev–Trinajstić information content (AvgIpc) is 2.53. The number of hydrogen-bond acceptors (Lipinski definition) is 4. The van der Waals surface area contributed by atoms with Crippen LogP contribution < -0.4 is 5.32 Å². The summed E-state index contributed by atoms with van der Waals surface area (Å²) in [5.74, 6) is -0.710. The van der Waals surface area contributed by atoms with E-state index in [0.717, 1.165) is 5.56 Å². The van der Waals surface area contributed by atoms with Crippen molar-refractivity contribution in [1.29, 1.82) is 0 Å². The van der Waals surface area contributed by atoms with Crippen LogP contribution in [0.25, 0.3) is 6.08 Å². The number of nitrogens with one attached hydrogen (secondary N) is 1. The number of carbonyl (C=O) groups is 2. The Balaban J connectivity index is 2.08. The number of amides is 1. The summed E-state index contributed by atoms with van der Waals surface area (Å²) in [6, 6.07) is 12.2. The Morgan fingerprint density at radius 1 is 1.26 bits per heavy atom. The molecule has 0 unspecified atom stereocenters. The summed E-state index contributed by atoms with van der Waals surface area (Å²) in [6.45, 7) is 2.08. The minimum Gasteiger partial charge on any atom is -0.463 e. The zero-order valence-electron chi connectivity index (χ0n) is 12.5. The van der Waals surface area contributed by atoms with Crippen LogP contribution in [0.2, 0.25) is 0 Å². The third-order valence-electron chi connectivity index (χ3n) is 2.79. The van der Waals surface area contributed by atoms with Crippen LogP contribution in [0.3, 0.4) is 0 Å². The molecule has 1 amide bonds. The molecule has 2 rings (SSSR count). The van der Waals surface area contributed by atoms with Crippen molar-refractivity contribution in [2.24, 2.45) is 0 Å². The van der Waals surface area contributed by atoms with Gasteiger partial charge in [0.1, 0.15) is 10.3 Å². The molecule has 0 radical (unpaired) electrons. The molecule has 5 nitrogen and oxygen atoms in total. The van der Waals surface area contributed by atoms with Crippen LogP contribution in [0.5, 0.6) is 0 Å². The molecule has 118 valence electrons. The van der Waals surface area contributed by atoms with Gasteiger partial charge in [-0.3, -0.25) is 4.79 Å². The van der Waals surface area contributed by atoms with Gasteiger partial charge in [0.2, 0.25) is 0 Å². The van der Waals surface area contributed by atoms with E-state index in [1.165, 1.54) is 6.08 Å². The third kappa shape index (κ3) is 5.34. The minimum atomic E-state index is -0.403. The highest BCUT2D eigenvalue weighted by Gasteiger charge is 2.08. The van der Waals surface area contributed by atoms with Crippen LogP contribution in [0.15, 0.2) is 53.1 Å². The molecule has 2 aromatic rings. The highest BCUT2D eigenvalue weighted by Crippen LogP contribution is 2.14. The second kappa shape index (κ2) is 8.24. The summed E-state index contributed by atoms with van der Waals surface area (Å²) in [4.78, 5) is 27.5. The lowest BCUT2D eigenvalue weighted by atomic mass is 10.2. The van der Waals surface area contributed by atoms with E-state index < -0.39 is 5.97 Å². The first-order valence-corrected chi connectivity index (χ1v) is 7.76. The number of rotatable bonds is 5. The summed E-state index contributed by atoms with van der Waals surface area (Å²) in [5, 5.41) is 2.77. The molecule has 1 aromatic heterocycles. The number of hydrogen-bond donors (Lipinski definition) is 1. The van der Waals surface area contributed by atoms with Crippen molar-refractivity contribution in [2.45, 2.75) is 6.92 Å².